The van der Waals surface area contributed by atoms with E-state index in [0.717, 1.165) is 60.3 Å². The van der Waals surface area contributed by atoms with Crippen LogP contribution in [0.3, 0.4) is 0 Å². The Labute approximate surface area is 201 Å². The molecule has 1 fully saturated rings. The van der Waals surface area contributed by atoms with Gasteiger partial charge in [-0.15, -0.1) is 0 Å². The summed E-state index contributed by atoms with van der Waals surface area (Å²) in [4.78, 5) is 27.3. The van der Waals surface area contributed by atoms with Gasteiger partial charge in [-0.05, 0) is 75.8 Å². The summed E-state index contributed by atoms with van der Waals surface area (Å²) in [7, 11) is 3.96. The lowest BCUT2D eigenvalue weighted by atomic mass is 9.93. The van der Waals surface area contributed by atoms with E-state index < -0.39 is 5.60 Å². The molecule has 2 amide bonds. The number of benzene rings is 2. The number of hydrogen-bond acceptors (Lipinski definition) is 3. The maximum atomic E-state index is 13.2. The zero-order valence-corrected chi connectivity index (χ0v) is 20.7. The third kappa shape index (κ3) is 4.19. The molecule has 34 heavy (non-hydrogen) atoms. The van der Waals surface area contributed by atoms with Gasteiger partial charge < -0.3 is 19.5 Å². The summed E-state index contributed by atoms with van der Waals surface area (Å²) in [6.07, 6.45) is 3.16. The molecule has 1 N–H and O–H groups in total. The SMILES string of the molecule is Bc1ccc2c(c1)c1c(n2-c2ccc(CC3(NC(=O)OC(C)(C)C)CC3)cc2)C(=O)N(C)CC1. The number of carbonyl (C=O) groups is 2. The predicted octanol–water partition coefficient (Wildman–Crippen LogP) is 3.12. The van der Waals surface area contributed by atoms with Gasteiger partial charge in [0.1, 0.15) is 19.1 Å². The molecule has 5 rings (SSSR count). The number of likely N-dealkylation sites (N-methyl/N-ethyl adjacent to an activating group) is 1. The number of hydrogen-bond donors (Lipinski definition) is 1. The van der Waals surface area contributed by atoms with Gasteiger partial charge in [0.15, 0.2) is 0 Å². The Hall–Kier alpha value is -3.22. The van der Waals surface area contributed by atoms with Gasteiger partial charge >= 0.3 is 6.09 Å². The number of rotatable bonds is 4. The van der Waals surface area contributed by atoms with Crippen LogP contribution in [0.15, 0.2) is 42.5 Å². The van der Waals surface area contributed by atoms with Crippen molar-refractivity contribution in [3.8, 4) is 5.69 Å². The van der Waals surface area contributed by atoms with Gasteiger partial charge in [0.05, 0.1) is 5.52 Å². The molecule has 1 aliphatic heterocycles. The molecule has 6 nitrogen and oxygen atoms in total. The van der Waals surface area contributed by atoms with Crippen LogP contribution in [0.1, 0.15) is 55.2 Å². The third-order valence-electron chi connectivity index (χ3n) is 6.83. The first-order valence-corrected chi connectivity index (χ1v) is 12.1. The normalized spacial score (nSPS) is 16.9. The van der Waals surface area contributed by atoms with Crippen molar-refractivity contribution in [3.05, 3.63) is 59.3 Å². The van der Waals surface area contributed by atoms with Crippen LogP contribution in [0.4, 0.5) is 4.79 Å². The maximum absolute atomic E-state index is 13.2. The maximum Gasteiger partial charge on any atom is 0.408 e. The highest BCUT2D eigenvalue weighted by atomic mass is 16.6. The van der Waals surface area contributed by atoms with E-state index in [4.69, 9.17) is 4.74 Å². The third-order valence-corrected chi connectivity index (χ3v) is 6.83. The highest BCUT2D eigenvalue weighted by molar-refractivity contribution is 6.33. The van der Waals surface area contributed by atoms with E-state index in [2.05, 4.69) is 60.2 Å². The number of ether oxygens (including phenoxy) is 1. The Kier molecular flexibility index (Phi) is 5.26. The molecule has 0 spiro atoms. The Morgan fingerprint density at radius 3 is 2.50 bits per heavy atom. The molecule has 1 aliphatic carbocycles. The van der Waals surface area contributed by atoms with Crippen LogP contribution in [-0.2, 0) is 17.6 Å². The van der Waals surface area contributed by atoms with E-state index in [1.807, 2.05) is 27.8 Å². The van der Waals surface area contributed by atoms with Crippen LogP contribution in [-0.4, -0.2) is 54.0 Å². The van der Waals surface area contributed by atoms with Gasteiger partial charge in [-0.25, -0.2) is 4.79 Å². The lowest BCUT2D eigenvalue weighted by molar-refractivity contribution is 0.0496. The van der Waals surface area contributed by atoms with Crippen molar-refractivity contribution in [2.24, 2.45) is 0 Å². The monoisotopic (exact) mass is 457 g/mol. The fourth-order valence-corrected chi connectivity index (χ4v) is 4.95. The van der Waals surface area contributed by atoms with Crippen molar-refractivity contribution < 1.29 is 14.3 Å². The Morgan fingerprint density at radius 1 is 1.15 bits per heavy atom. The molecule has 2 aromatic carbocycles. The minimum atomic E-state index is -0.509. The molecule has 2 aliphatic rings. The molecular weight excluding hydrogens is 425 g/mol. The number of amides is 2. The molecule has 7 heteroatoms. The second kappa shape index (κ2) is 7.93. The lowest BCUT2D eigenvalue weighted by Gasteiger charge is -2.24. The molecule has 3 aromatic rings. The topological polar surface area (TPSA) is 63.6 Å². The summed E-state index contributed by atoms with van der Waals surface area (Å²) in [6, 6.07) is 14.8. The van der Waals surface area contributed by atoms with Crippen LogP contribution in [0.5, 0.6) is 0 Å². The first kappa shape index (κ1) is 22.6. The van der Waals surface area contributed by atoms with Crippen molar-refractivity contribution in [1.29, 1.82) is 0 Å². The Morgan fingerprint density at radius 2 is 1.85 bits per heavy atom. The molecule has 0 saturated heterocycles. The van der Waals surface area contributed by atoms with E-state index in [1.165, 1.54) is 10.8 Å². The predicted molar refractivity (Wildman–Crippen MR) is 137 cm³/mol. The molecule has 0 atom stereocenters. The average Bonchev–Trinajstić information content (AvgIpc) is 3.41. The van der Waals surface area contributed by atoms with Crippen molar-refractivity contribution in [2.75, 3.05) is 13.6 Å². The Bertz CT molecular complexity index is 1280. The first-order valence-electron chi connectivity index (χ1n) is 12.1. The van der Waals surface area contributed by atoms with Gasteiger partial charge in [0.2, 0.25) is 0 Å². The lowest BCUT2D eigenvalue weighted by Crippen LogP contribution is -2.41. The largest absolute Gasteiger partial charge is 0.444 e. The van der Waals surface area contributed by atoms with E-state index in [0.29, 0.717) is 0 Å². The number of aromatic nitrogens is 1. The van der Waals surface area contributed by atoms with Crippen molar-refractivity contribution in [1.82, 2.24) is 14.8 Å². The number of fused-ring (bicyclic) bond motifs is 3. The summed E-state index contributed by atoms with van der Waals surface area (Å²) in [5.41, 5.74) is 5.58. The zero-order chi connectivity index (χ0) is 24.3. The average molecular weight is 457 g/mol. The van der Waals surface area contributed by atoms with Gasteiger partial charge in [-0.1, -0.05) is 29.7 Å². The zero-order valence-electron chi connectivity index (χ0n) is 20.7. The molecule has 2 heterocycles. The standard InChI is InChI=1S/C27H32BN3O3/c1-26(2,3)34-25(33)29-27(12-13-27)16-17-5-8-19(9-6-17)31-22-10-7-18(28)15-21(22)20-11-14-30(4)24(32)23(20)31/h5-10,15H,11-14,16,28H2,1-4H3,(H,29,33). The van der Waals surface area contributed by atoms with Crippen LogP contribution in [0, 0.1) is 0 Å². The molecule has 1 saturated carbocycles. The van der Waals surface area contributed by atoms with Crippen LogP contribution in [0.25, 0.3) is 16.6 Å². The highest BCUT2D eigenvalue weighted by Gasteiger charge is 2.44. The summed E-state index contributed by atoms with van der Waals surface area (Å²) in [6.45, 7) is 6.36. The second-order valence-electron chi connectivity index (χ2n) is 10.9. The molecule has 0 unspecified atom stereocenters. The molecule has 0 radical (unpaired) electrons. The van der Waals surface area contributed by atoms with Crippen molar-refractivity contribution in [3.63, 3.8) is 0 Å². The summed E-state index contributed by atoms with van der Waals surface area (Å²) < 4.78 is 7.56. The summed E-state index contributed by atoms with van der Waals surface area (Å²) in [5.74, 6) is 0.0673. The quantitative estimate of drug-likeness (QED) is 0.613. The summed E-state index contributed by atoms with van der Waals surface area (Å²) in [5, 5.41) is 4.24. The first-order chi connectivity index (χ1) is 16.1. The van der Waals surface area contributed by atoms with Gasteiger partial charge in [-0.2, -0.15) is 0 Å². The number of nitrogens with one attached hydrogen (secondary N) is 1. The van der Waals surface area contributed by atoms with E-state index in [-0.39, 0.29) is 17.5 Å². The highest BCUT2D eigenvalue weighted by Crippen LogP contribution is 2.39. The minimum absolute atomic E-state index is 0.0673. The van der Waals surface area contributed by atoms with Crippen LogP contribution in [0.2, 0.25) is 0 Å². The minimum Gasteiger partial charge on any atom is -0.444 e. The molecule has 1 aromatic heterocycles. The molecular formula is C27H32BN3O3. The van der Waals surface area contributed by atoms with Crippen molar-refractivity contribution >= 4 is 36.2 Å². The number of carbonyl (C=O) groups excluding carboxylic acids is 2. The van der Waals surface area contributed by atoms with E-state index in [1.54, 1.807) is 4.90 Å². The number of alkyl carbamates (subject to hydrolysis) is 1. The Balaban J connectivity index is 1.44. The van der Waals surface area contributed by atoms with Gasteiger partial charge in [0.25, 0.3) is 5.91 Å². The fourth-order valence-electron chi connectivity index (χ4n) is 4.95. The smallest absolute Gasteiger partial charge is 0.408 e. The van der Waals surface area contributed by atoms with Crippen LogP contribution >= 0.6 is 0 Å². The number of nitrogens with zero attached hydrogens (tertiary/aromatic N) is 2. The van der Waals surface area contributed by atoms with E-state index in [9.17, 15) is 9.59 Å². The molecule has 176 valence electrons. The summed E-state index contributed by atoms with van der Waals surface area (Å²) >= 11 is 0. The second-order valence-corrected chi connectivity index (χ2v) is 10.9. The van der Waals surface area contributed by atoms with E-state index >= 15 is 0 Å². The van der Waals surface area contributed by atoms with Crippen molar-refractivity contribution in [2.45, 2.75) is 57.6 Å². The fraction of sp³-hybridized carbons (Fsp3) is 0.407. The van der Waals surface area contributed by atoms with Gasteiger partial charge in [-0.3, -0.25) is 4.79 Å². The van der Waals surface area contributed by atoms with Crippen LogP contribution < -0.4 is 10.8 Å². The van der Waals surface area contributed by atoms with Gasteiger partial charge in [0, 0.05) is 30.2 Å². The molecule has 0 bridgehead atoms.